The van der Waals surface area contributed by atoms with Gasteiger partial charge in [0.15, 0.2) is 0 Å². The molecule has 102 valence electrons. The van der Waals surface area contributed by atoms with Crippen LogP contribution in [0, 0.1) is 0 Å². The second kappa shape index (κ2) is 6.18. The van der Waals surface area contributed by atoms with Gasteiger partial charge in [0.1, 0.15) is 0 Å². The largest absolute Gasteiger partial charge is 0.399 e. The molecule has 0 spiro atoms. The zero-order chi connectivity index (χ0) is 13.7. The van der Waals surface area contributed by atoms with Crippen LogP contribution in [-0.4, -0.2) is 15.0 Å². The number of sulfonamides is 1. The Labute approximate surface area is 117 Å². The van der Waals surface area contributed by atoms with Gasteiger partial charge in [-0.1, -0.05) is 12.1 Å². The summed E-state index contributed by atoms with van der Waals surface area (Å²) in [7, 11) is -3.29. The van der Waals surface area contributed by atoms with E-state index in [1.165, 1.54) is 0 Å². The summed E-state index contributed by atoms with van der Waals surface area (Å²) in [6.45, 7) is 0.425. The van der Waals surface area contributed by atoms with Gasteiger partial charge >= 0.3 is 0 Å². The molecule has 0 bridgehead atoms. The molecule has 0 saturated carbocycles. The number of nitrogens with one attached hydrogen (secondary N) is 1. The lowest BCUT2D eigenvalue weighted by Crippen LogP contribution is -2.27. The first-order valence-corrected chi connectivity index (χ1v) is 8.47. The van der Waals surface area contributed by atoms with E-state index in [4.69, 9.17) is 5.73 Å². The zero-order valence-electron chi connectivity index (χ0n) is 10.4. The van der Waals surface area contributed by atoms with Gasteiger partial charge in [-0.2, -0.15) is 11.3 Å². The van der Waals surface area contributed by atoms with Gasteiger partial charge in [0, 0.05) is 12.2 Å². The third-order valence-electron chi connectivity index (χ3n) is 2.65. The third-order valence-corrected chi connectivity index (χ3v) is 4.74. The maximum atomic E-state index is 11.9. The van der Waals surface area contributed by atoms with E-state index in [9.17, 15) is 8.42 Å². The summed E-state index contributed by atoms with van der Waals surface area (Å²) in [4.78, 5) is 0. The minimum atomic E-state index is -3.29. The van der Waals surface area contributed by atoms with Crippen molar-refractivity contribution in [3.05, 3.63) is 52.2 Å². The standard InChI is InChI=1S/C13H16N2O2S2/c14-13-3-1-12(2-4-13)10-19(16,17)15-7-5-11-6-8-18-9-11/h1-4,6,8-9,15H,5,7,10,14H2. The molecule has 0 saturated heterocycles. The molecule has 19 heavy (non-hydrogen) atoms. The smallest absolute Gasteiger partial charge is 0.215 e. The van der Waals surface area contributed by atoms with Gasteiger partial charge in [0.2, 0.25) is 10.0 Å². The Morgan fingerprint density at radius 1 is 1.11 bits per heavy atom. The predicted octanol–water partition coefficient (Wildman–Crippen LogP) is 1.99. The van der Waals surface area contributed by atoms with Crippen LogP contribution in [0.2, 0.25) is 0 Å². The van der Waals surface area contributed by atoms with E-state index in [0.29, 0.717) is 18.7 Å². The monoisotopic (exact) mass is 296 g/mol. The van der Waals surface area contributed by atoms with Gasteiger partial charge < -0.3 is 5.73 Å². The van der Waals surface area contributed by atoms with Crippen molar-refractivity contribution in [3.63, 3.8) is 0 Å². The van der Waals surface area contributed by atoms with Crippen LogP contribution in [-0.2, 0) is 22.2 Å². The van der Waals surface area contributed by atoms with Gasteiger partial charge in [-0.25, -0.2) is 13.1 Å². The fraction of sp³-hybridized carbons (Fsp3) is 0.231. The Bertz CT molecular complexity index is 605. The van der Waals surface area contributed by atoms with Crippen molar-refractivity contribution in [2.75, 3.05) is 12.3 Å². The molecule has 1 aromatic heterocycles. The highest BCUT2D eigenvalue weighted by molar-refractivity contribution is 7.88. The van der Waals surface area contributed by atoms with Gasteiger partial charge in [-0.05, 0) is 46.5 Å². The first-order valence-electron chi connectivity index (χ1n) is 5.88. The van der Waals surface area contributed by atoms with E-state index >= 15 is 0 Å². The number of rotatable bonds is 6. The Balaban J connectivity index is 1.86. The molecule has 0 unspecified atom stereocenters. The van der Waals surface area contributed by atoms with Crippen molar-refractivity contribution in [2.45, 2.75) is 12.2 Å². The quantitative estimate of drug-likeness (QED) is 0.801. The van der Waals surface area contributed by atoms with E-state index in [2.05, 4.69) is 4.72 Å². The van der Waals surface area contributed by atoms with Crippen LogP contribution in [0.4, 0.5) is 5.69 Å². The van der Waals surface area contributed by atoms with Crippen LogP contribution >= 0.6 is 11.3 Å². The van der Waals surface area contributed by atoms with Crippen LogP contribution < -0.4 is 10.5 Å². The second-order valence-electron chi connectivity index (χ2n) is 4.28. The first kappa shape index (κ1) is 14.0. The lowest BCUT2D eigenvalue weighted by atomic mass is 10.2. The Morgan fingerprint density at radius 2 is 1.84 bits per heavy atom. The van der Waals surface area contributed by atoms with Crippen molar-refractivity contribution in [1.82, 2.24) is 4.72 Å². The molecule has 0 radical (unpaired) electrons. The summed E-state index contributed by atoms with van der Waals surface area (Å²) in [6, 6.07) is 8.87. The van der Waals surface area contributed by atoms with Crippen molar-refractivity contribution in [1.29, 1.82) is 0 Å². The molecule has 1 heterocycles. The number of anilines is 1. The average Bonchev–Trinajstić information content (AvgIpc) is 2.85. The number of nitrogen functional groups attached to an aromatic ring is 1. The van der Waals surface area contributed by atoms with E-state index in [1.807, 2.05) is 16.8 Å². The normalized spacial score (nSPS) is 11.6. The summed E-state index contributed by atoms with van der Waals surface area (Å²) >= 11 is 1.61. The van der Waals surface area contributed by atoms with Gasteiger partial charge in [-0.15, -0.1) is 0 Å². The Morgan fingerprint density at radius 3 is 2.47 bits per heavy atom. The number of nitrogens with two attached hydrogens (primary N) is 1. The summed E-state index contributed by atoms with van der Waals surface area (Å²) in [5.74, 6) is -0.0169. The minimum Gasteiger partial charge on any atom is -0.399 e. The molecule has 0 fully saturated rings. The topological polar surface area (TPSA) is 72.2 Å². The average molecular weight is 296 g/mol. The molecule has 0 aliphatic carbocycles. The molecule has 6 heteroatoms. The molecular weight excluding hydrogens is 280 g/mol. The fourth-order valence-corrected chi connectivity index (χ4v) is 3.52. The number of hydrogen-bond acceptors (Lipinski definition) is 4. The molecule has 1 aromatic carbocycles. The highest BCUT2D eigenvalue weighted by Crippen LogP contribution is 2.09. The molecule has 2 aromatic rings. The Kier molecular flexibility index (Phi) is 4.57. The maximum absolute atomic E-state index is 11.9. The van der Waals surface area contributed by atoms with Crippen LogP contribution in [0.1, 0.15) is 11.1 Å². The number of thiophene rings is 1. The third kappa shape index (κ3) is 4.66. The molecule has 0 amide bonds. The summed E-state index contributed by atoms with van der Waals surface area (Å²) < 4.78 is 26.4. The van der Waals surface area contributed by atoms with Crippen molar-refractivity contribution >= 4 is 27.0 Å². The van der Waals surface area contributed by atoms with E-state index < -0.39 is 10.0 Å². The van der Waals surface area contributed by atoms with E-state index in [-0.39, 0.29) is 5.75 Å². The van der Waals surface area contributed by atoms with E-state index in [0.717, 1.165) is 11.1 Å². The number of benzene rings is 1. The van der Waals surface area contributed by atoms with Crippen LogP contribution in [0.15, 0.2) is 41.1 Å². The van der Waals surface area contributed by atoms with Crippen molar-refractivity contribution < 1.29 is 8.42 Å². The highest BCUT2D eigenvalue weighted by Gasteiger charge is 2.10. The molecule has 0 atom stereocenters. The predicted molar refractivity (Wildman–Crippen MR) is 79.5 cm³/mol. The zero-order valence-corrected chi connectivity index (χ0v) is 12.0. The lowest BCUT2D eigenvalue weighted by Gasteiger charge is -2.06. The highest BCUT2D eigenvalue weighted by atomic mass is 32.2. The summed E-state index contributed by atoms with van der Waals surface area (Å²) in [5.41, 5.74) is 8.08. The summed E-state index contributed by atoms with van der Waals surface area (Å²) in [6.07, 6.45) is 0.713. The lowest BCUT2D eigenvalue weighted by molar-refractivity contribution is 0.581. The summed E-state index contributed by atoms with van der Waals surface area (Å²) in [5, 5.41) is 4.01. The Hall–Kier alpha value is -1.37. The molecule has 0 aliphatic rings. The fourth-order valence-electron chi connectivity index (χ4n) is 1.67. The van der Waals surface area contributed by atoms with Crippen molar-refractivity contribution in [3.8, 4) is 0 Å². The van der Waals surface area contributed by atoms with E-state index in [1.54, 1.807) is 35.6 Å². The van der Waals surface area contributed by atoms with Gasteiger partial charge in [0.05, 0.1) is 5.75 Å². The number of hydrogen-bond donors (Lipinski definition) is 2. The molecule has 2 rings (SSSR count). The SMILES string of the molecule is Nc1ccc(CS(=O)(=O)NCCc2ccsc2)cc1. The molecular formula is C13H16N2O2S2. The molecule has 4 nitrogen and oxygen atoms in total. The van der Waals surface area contributed by atoms with Crippen LogP contribution in [0.25, 0.3) is 0 Å². The minimum absolute atomic E-state index is 0.0169. The van der Waals surface area contributed by atoms with Crippen molar-refractivity contribution in [2.24, 2.45) is 0 Å². The van der Waals surface area contributed by atoms with Crippen LogP contribution in [0.5, 0.6) is 0 Å². The molecule has 3 N–H and O–H groups in total. The molecule has 0 aliphatic heterocycles. The van der Waals surface area contributed by atoms with Gasteiger partial charge in [0.25, 0.3) is 0 Å². The van der Waals surface area contributed by atoms with Gasteiger partial charge in [-0.3, -0.25) is 0 Å². The first-order chi connectivity index (χ1) is 9.05. The second-order valence-corrected chi connectivity index (χ2v) is 6.86. The maximum Gasteiger partial charge on any atom is 0.215 e. The van der Waals surface area contributed by atoms with Crippen LogP contribution in [0.3, 0.4) is 0 Å².